The summed E-state index contributed by atoms with van der Waals surface area (Å²) in [5, 5.41) is 4.00. The average Bonchev–Trinajstić information content (AvgIpc) is 2.69. The van der Waals surface area contributed by atoms with Crippen LogP contribution in [-0.2, 0) is 6.42 Å². The summed E-state index contributed by atoms with van der Waals surface area (Å²) in [6, 6.07) is 9.73. The van der Waals surface area contributed by atoms with E-state index in [1.807, 2.05) is 18.2 Å². The van der Waals surface area contributed by atoms with E-state index in [1.54, 1.807) is 12.4 Å². The van der Waals surface area contributed by atoms with Crippen LogP contribution in [0.1, 0.15) is 25.5 Å². The van der Waals surface area contributed by atoms with Crippen LogP contribution in [0.2, 0.25) is 0 Å². The first-order valence-corrected chi connectivity index (χ1v) is 9.04. The van der Waals surface area contributed by atoms with Gasteiger partial charge in [-0.15, -0.1) is 0 Å². The molecule has 0 radical (unpaired) electrons. The number of aromatic nitrogens is 4. The predicted molar refractivity (Wildman–Crippen MR) is 103 cm³/mol. The van der Waals surface area contributed by atoms with E-state index in [2.05, 4.69) is 43.1 Å². The summed E-state index contributed by atoms with van der Waals surface area (Å²) in [6.45, 7) is 3.92. The number of hydrogen-bond acceptors (Lipinski definition) is 6. The summed E-state index contributed by atoms with van der Waals surface area (Å²) in [5.74, 6) is 1.54. The minimum Gasteiger partial charge on any atom is -0.356 e. The molecular weight excluding hydrogens is 328 g/mol. The number of rotatable bonds is 4. The minimum atomic E-state index is -0.108. The number of anilines is 2. The number of nitrogens with zero attached hydrogens (tertiary/aromatic N) is 4. The van der Waals surface area contributed by atoms with E-state index in [9.17, 15) is 4.79 Å². The molecule has 3 heterocycles. The normalized spacial score (nSPS) is 15.3. The van der Waals surface area contributed by atoms with Crippen LogP contribution < -0.4 is 15.8 Å². The highest BCUT2D eigenvalue weighted by Gasteiger charge is 2.21. The van der Waals surface area contributed by atoms with Crippen molar-refractivity contribution < 1.29 is 0 Å². The first-order valence-electron chi connectivity index (χ1n) is 9.04. The van der Waals surface area contributed by atoms with Gasteiger partial charge in [-0.2, -0.15) is 0 Å². The van der Waals surface area contributed by atoms with E-state index in [0.29, 0.717) is 16.9 Å². The fourth-order valence-corrected chi connectivity index (χ4v) is 3.35. The standard InChI is InChI=1S/C19H22N6O/c1-2-13-11-17(21-12-20-13)25-9-7-14(8-10-25)22-19-23-16-6-4-3-5-15(16)18(26)24-19/h3-6,11-12,14H,2,7-10H2,1H3,(H2,22,23,24,26). The first-order chi connectivity index (χ1) is 12.7. The average molecular weight is 350 g/mol. The topological polar surface area (TPSA) is 86.8 Å². The number of benzene rings is 1. The molecule has 7 nitrogen and oxygen atoms in total. The molecule has 0 atom stereocenters. The lowest BCUT2D eigenvalue weighted by molar-refractivity contribution is 0.520. The maximum absolute atomic E-state index is 12.2. The smallest absolute Gasteiger partial charge is 0.260 e. The quantitative estimate of drug-likeness (QED) is 0.751. The Kier molecular flexibility index (Phi) is 4.51. The lowest BCUT2D eigenvalue weighted by Crippen LogP contribution is -2.40. The second kappa shape index (κ2) is 7.11. The molecule has 0 spiro atoms. The summed E-state index contributed by atoms with van der Waals surface area (Å²) >= 11 is 0. The molecule has 1 aliphatic rings. The molecule has 1 aromatic carbocycles. The van der Waals surface area contributed by atoms with Crippen molar-refractivity contribution in [1.29, 1.82) is 0 Å². The van der Waals surface area contributed by atoms with Crippen molar-refractivity contribution >= 4 is 22.7 Å². The van der Waals surface area contributed by atoms with Gasteiger partial charge in [0.2, 0.25) is 5.95 Å². The Labute approximate surface area is 151 Å². The van der Waals surface area contributed by atoms with Crippen LogP contribution in [0.4, 0.5) is 11.8 Å². The third kappa shape index (κ3) is 3.37. The summed E-state index contributed by atoms with van der Waals surface area (Å²) in [5.41, 5.74) is 1.67. The number of aromatic amines is 1. The summed E-state index contributed by atoms with van der Waals surface area (Å²) in [7, 11) is 0. The molecule has 26 heavy (non-hydrogen) atoms. The number of para-hydroxylation sites is 1. The molecule has 0 unspecified atom stereocenters. The molecular formula is C19H22N6O. The molecule has 7 heteroatoms. The lowest BCUT2D eigenvalue weighted by Gasteiger charge is -2.33. The predicted octanol–water partition coefficient (Wildman–Crippen LogP) is 2.36. The second-order valence-electron chi connectivity index (χ2n) is 6.56. The van der Waals surface area contributed by atoms with Gasteiger partial charge in [0.25, 0.3) is 5.56 Å². The van der Waals surface area contributed by atoms with Crippen molar-refractivity contribution in [3.8, 4) is 0 Å². The maximum atomic E-state index is 12.2. The van der Waals surface area contributed by atoms with Crippen molar-refractivity contribution in [2.75, 3.05) is 23.3 Å². The van der Waals surface area contributed by atoms with E-state index < -0.39 is 0 Å². The molecule has 4 rings (SSSR count). The molecule has 2 N–H and O–H groups in total. The van der Waals surface area contributed by atoms with Crippen LogP contribution in [0, 0.1) is 0 Å². The molecule has 0 aliphatic carbocycles. The minimum absolute atomic E-state index is 0.108. The van der Waals surface area contributed by atoms with Crippen LogP contribution >= 0.6 is 0 Å². The Balaban J connectivity index is 1.43. The Morgan fingerprint density at radius 1 is 1.23 bits per heavy atom. The summed E-state index contributed by atoms with van der Waals surface area (Å²) < 4.78 is 0. The van der Waals surface area contributed by atoms with Gasteiger partial charge in [0, 0.05) is 30.9 Å². The zero-order chi connectivity index (χ0) is 17.9. The molecule has 1 aliphatic heterocycles. The van der Waals surface area contributed by atoms with Crippen molar-refractivity contribution in [2.24, 2.45) is 0 Å². The third-order valence-electron chi connectivity index (χ3n) is 4.84. The number of piperidine rings is 1. The summed E-state index contributed by atoms with van der Waals surface area (Å²) in [4.78, 5) is 30.5. The van der Waals surface area contributed by atoms with Crippen LogP contribution in [-0.4, -0.2) is 39.1 Å². The molecule has 1 fully saturated rings. The Morgan fingerprint density at radius 2 is 2.04 bits per heavy atom. The van der Waals surface area contributed by atoms with Crippen LogP contribution in [0.25, 0.3) is 10.9 Å². The van der Waals surface area contributed by atoms with Gasteiger partial charge < -0.3 is 10.2 Å². The number of H-pyrrole nitrogens is 1. The Hall–Kier alpha value is -2.96. The van der Waals surface area contributed by atoms with Crippen LogP contribution in [0.3, 0.4) is 0 Å². The molecule has 0 amide bonds. The van der Waals surface area contributed by atoms with Gasteiger partial charge in [0.1, 0.15) is 12.1 Å². The number of fused-ring (bicyclic) bond motifs is 1. The number of aryl methyl sites for hydroxylation is 1. The molecule has 0 bridgehead atoms. The van der Waals surface area contributed by atoms with Crippen molar-refractivity contribution in [3.63, 3.8) is 0 Å². The Morgan fingerprint density at radius 3 is 2.85 bits per heavy atom. The number of nitrogens with one attached hydrogen (secondary N) is 2. The largest absolute Gasteiger partial charge is 0.356 e. The van der Waals surface area contributed by atoms with Crippen molar-refractivity contribution in [3.05, 3.63) is 52.7 Å². The third-order valence-corrected chi connectivity index (χ3v) is 4.84. The van der Waals surface area contributed by atoms with E-state index in [1.165, 1.54) is 0 Å². The van der Waals surface area contributed by atoms with E-state index >= 15 is 0 Å². The molecule has 2 aromatic heterocycles. The first kappa shape index (κ1) is 16.5. The Bertz CT molecular complexity index is 961. The summed E-state index contributed by atoms with van der Waals surface area (Å²) in [6.07, 6.45) is 4.47. The van der Waals surface area contributed by atoms with E-state index in [-0.39, 0.29) is 11.6 Å². The van der Waals surface area contributed by atoms with Crippen molar-refractivity contribution in [2.45, 2.75) is 32.2 Å². The lowest BCUT2D eigenvalue weighted by atomic mass is 10.1. The van der Waals surface area contributed by atoms with Gasteiger partial charge >= 0.3 is 0 Å². The fraction of sp³-hybridized carbons (Fsp3) is 0.368. The van der Waals surface area contributed by atoms with Gasteiger partial charge in [0.05, 0.1) is 10.9 Å². The highest BCUT2D eigenvalue weighted by atomic mass is 16.1. The van der Waals surface area contributed by atoms with Gasteiger partial charge in [0.15, 0.2) is 0 Å². The fourth-order valence-electron chi connectivity index (χ4n) is 3.35. The monoisotopic (exact) mass is 350 g/mol. The molecule has 134 valence electrons. The van der Waals surface area contributed by atoms with E-state index in [4.69, 9.17) is 0 Å². The van der Waals surface area contributed by atoms with Crippen molar-refractivity contribution in [1.82, 2.24) is 19.9 Å². The number of hydrogen-bond donors (Lipinski definition) is 2. The SMILES string of the molecule is CCc1cc(N2CCC(Nc3nc4ccccc4c(=O)[nH]3)CC2)ncn1. The van der Waals surface area contributed by atoms with Gasteiger partial charge in [-0.3, -0.25) is 9.78 Å². The van der Waals surface area contributed by atoms with Crippen LogP contribution in [0.5, 0.6) is 0 Å². The second-order valence-corrected chi connectivity index (χ2v) is 6.56. The maximum Gasteiger partial charge on any atom is 0.260 e. The van der Waals surface area contributed by atoms with Gasteiger partial charge in [-0.05, 0) is 31.4 Å². The van der Waals surface area contributed by atoms with Gasteiger partial charge in [-0.25, -0.2) is 15.0 Å². The van der Waals surface area contributed by atoms with E-state index in [0.717, 1.165) is 43.9 Å². The molecule has 3 aromatic rings. The molecule has 1 saturated heterocycles. The highest BCUT2D eigenvalue weighted by Crippen LogP contribution is 2.20. The highest BCUT2D eigenvalue weighted by molar-refractivity contribution is 5.78. The zero-order valence-electron chi connectivity index (χ0n) is 14.8. The van der Waals surface area contributed by atoms with Gasteiger partial charge in [-0.1, -0.05) is 19.1 Å². The molecule has 0 saturated carbocycles. The zero-order valence-corrected chi connectivity index (χ0v) is 14.8. The van der Waals surface area contributed by atoms with Crippen LogP contribution in [0.15, 0.2) is 41.5 Å².